The minimum atomic E-state index is 0.629. The Kier molecular flexibility index (Phi) is 7.93. The van der Waals surface area contributed by atoms with Gasteiger partial charge in [-0.25, -0.2) is 4.98 Å². The van der Waals surface area contributed by atoms with Crippen LogP contribution in [0.2, 0.25) is 0 Å². The van der Waals surface area contributed by atoms with E-state index in [-0.39, 0.29) is 0 Å². The minimum absolute atomic E-state index is 0.629. The molecule has 0 unspecified atom stereocenters. The molecule has 1 saturated heterocycles. The summed E-state index contributed by atoms with van der Waals surface area (Å²) < 4.78 is 5.51. The summed E-state index contributed by atoms with van der Waals surface area (Å²) in [4.78, 5) is 11.5. The average molecular weight is 485 g/mol. The van der Waals surface area contributed by atoms with Gasteiger partial charge in [-0.2, -0.15) is 0 Å². The molecule has 0 atom stereocenters. The van der Waals surface area contributed by atoms with Crippen molar-refractivity contribution in [3.05, 3.63) is 89.7 Å². The molecule has 0 spiro atoms. The van der Waals surface area contributed by atoms with Gasteiger partial charge in [0, 0.05) is 41.1 Å². The molecule has 0 aliphatic carbocycles. The van der Waals surface area contributed by atoms with Crippen LogP contribution in [0.4, 0.5) is 5.82 Å². The molecule has 3 N–H and O–H groups in total. The van der Waals surface area contributed by atoms with Crippen molar-refractivity contribution in [2.24, 2.45) is 5.92 Å². The van der Waals surface area contributed by atoms with E-state index in [4.69, 9.17) is 15.5 Å². The topological polar surface area (TPSA) is 73.1 Å². The molecule has 0 radical (unpaired) electrons. The number of aromatic nitrogens is 2. The van der Waals surface area contributed by atoms with Crippen molar-refractivity contribution in [3.8, 4) is 0 Å². The Balaban J connectivity index is 1.22. The first-order chi connectivity index (χ1) is 17.2. The quantitative estimate of drug-likeness (QED) is 0.299. The number of anilines is 1. The van der Waals surface area contributed by atoms with Gasteiger partial charge >= 0.3 is 0 Å². The van der Waals surface area contributed by atoms with Crippen molar-refractivity contribution >= 4 is 28.5 Å². The molecule has 4 aromatic rings. The summed E-state index contributed by atoms with van der Waals surface area (Å²) >= 11 is 1.79. The molecule has 0 saturated carbocycles. The first-order valence-corrected chi connectivity index (χ1v) is 13.2. The summed E-state index contributed by atoms with van der Waals surface area (Å²) in [5.74, 6) is 1.29. The van der Waals surface area contributed by atoms with Crippen LogP contribution < -0.4 is 11.1 Å². The minimum Gasteiger partial charge on any atom is -0.383 e. The van der Waals surface area contributed by atoms with E-state index in [1.54, 1.807) is 11.8 Å². The van der Waals surface area contributed by atoms with Crippen LogP contribution in [0.1, 0.15) is 29.7 Å². The highest BCUT2D eigenvalue weighted by atomic mass is 32.2. The standard InChI is InChI=1S/C29H32N4OS/c30-29-24(16-22-10-14-34-15-11-22)18-23-19-27(7-8-28(23)33-29)35-26-6-3-4-21(17-26)9-13-31-20-25-5-1-2-12-32-25/h1-8,12,17-19,22,31H,9-11,13-16,20H2,(H2,30,33). The van der Waals surface area contributed by atoms with Crippen molar-refractivity contribution in [3.63, 3.8) is 0 Å². The van der Waals surface area contributed by atoms with Crippen molar-refractivity contribution in [1.82, 2.24) is 15.3 Å². The van der Waals surface area contributed by atoms with Crippen molar-refractivity contribution in [2.75, 3.05) is 25.5 Å². The zero-order valence-electron chi connectivity index (χ0n) is 20.0. The van der Waals surface area contributed by atoms with Gasteiger partial charge in [-0.3, -0.25) is 4.98 Å². The maximum absolute atomic E-state index is 6.31. The Morgan fingerprint density at radius 1 is 0.971 bits per heavy atom. The van der Waals surface area contributed by atoms with Crippen LogP contribution in [0.3, 0.4) is 0 Å². The molecule has 2 aromatic heterocycles. The lowest BCUT2D eigenvalue weighted by Crippen LogP contribution is -2.18. The van der Waals surface area contributed by atoms with Crippen LogP contribution in [0.15, 0.2) is 82.7 Å². The van der Waals surface area contributed by atoms with Crippen LogP contribution in [0, 0.1) is 5.92 Å². The molecule has 5 nitrogen and oxygen atoms in total. The van der Waals surface area contributed by atoms with Gasteiger partial charge in [-0.05, 0) is 97.8 Å². The normalized spacial score (nSPS) is 14.4. The summed E-state index contributed by atoms with van der Waals surface area (Å²) in [5, 5.41) is 4.64. The average Bonchev–Trinajstić information content (AvgIpc) is 2.89. The number of fused-ring (bicyclic) bond motifs is 1. The zero-order chi connectivity index (χ0) is 23.9. The second-order valence-corrected chi connectivity index (χ2v) is 10.3. The Bertz CT molecular complexity index is 1260. The number of ether oxygens (including phenoxy) is 1. The lowest BCUT2D eigenvalue weighted by atomic mass is 9.92. The lowest BCUT2D eigenvalue weighted by Gasteiger charge is -2.22. The van der Waals surface area contributed by atoms with Gasteiger partial charge in [-0.15, -0.1) is 0 Å². The van der Waals surface area contributed by atoms with Crippen LogP contribution in [0.25, 0.3) is 10.9 Å². The number of nitrogens with zero attached hydrogens (tertiary/aromatic N) is 2. The Labute approximate surface area is 211 Å². The lowest BCUT2D eigenvalue weighted by molar-refractivity contribution is 0.0666. The fourth-order valence-corrected chi connectivity index (χ4v) is 5.51. The third kappa shape index (κ3) is 6.60. The highest BCUT2D eigenvalue weighted by molar-refractivity contribution is 7.99. The first kappa shape index (κ1) is 23.8. The molecule has 35 heavy (non-hydrogen) atoms. The maximum Gasteiger partial charge on any atom is 0.127 e. The molecule has 6 heteroatoms. The summed E-state index contributed by atoms with van der Waals surface area (Å²) in [6.45, 7) is 3.42. The Morgan fingerprint density at radius 3 is 2.71 bits per heavy atom. The number of nitrogens with two attached hydrogens (primary N) is 1. The van der Waals surface area contributed by atoms with Crippen molar-refractivity contribution in [2.45, 2.75) is 42.0 Å². The van der Waals surface area contributed by atoms with Gasteiger partial charge < -0.3 is 15.8 Å². The van der Waals surface area contributed by atoms with Crippen LogP contribution in [-0.2, 0) is 24.1 Å². The molecular weight excluding hydrogens is 452 g/mol. The molecule has 2 aromatic carbocycles. The molecule has 0 bridgehead atoms. The Morgan fingerprint density at radius 2 is 1.86 bits per heavy atom. The van der Waals surface area contributed by atoms with E-state index in [0.29, 0.717) is 11.7 Å². The van der Waals surface area contributed by atoms with Gasteiger partial charge in [0.05, 0.1) is 11.2 Å². The van der Waals surface area contributed by atoms with Gasteiger partial charge in [0.1, 0.15) is 5.82 Å². The number of hydrogen-bond donors (Lipinski definition) is 2. The number of nitrogen functional groups attached to an aromatic ring is 1. The third-order valence-electron chi connectivity index (χ3n) is 6.50. The van der Waals surface area contributed by atoms with Crippen LogP contribution in [-0.4, -0.2) is 29.7 Å². The molecule has 1 fully saturated rings. The van der Waals surface area contributed by atoms with Crippen LogP contribution >= 0.6 is 11.8 Å². The predicted molar refractivity (Wildman–Crippen MR) is 144 cm³/mol. The van der Waals surface area contributed by atoms with E-state index in [0.717, 1.165) is 74.1 Å². The molecule has 180 valence electrons. The first-order valence-electron chi connectivity index (χ1n) is 12.4. The summed E-state index contributed by atoms with van der Waals surface area (Å²) in [6, 6.07) is 23.5. The second-order valence-electron chi connectivity index (χ2n) is 9.14. The monoisotopic (exact) mass is 484 g/mol. The van der Waals surface area contributed by atoms with Gasteiger partial charge in [0.25, 0.3) is 0 Å². The molecule has 3 heterocycles. The van der Waals surface area contributed by atoms with Crippen molar-refractivity contribution < 1.29 is 4.74 Å². The number of hydrogen-bond acceptors (Lipinski definition) is 6. The highest BCUT2D eigenvalue weighted by Gasteiger charge is 2.16. The van der Waals surface area contributed by atoms with E-state index in [9.17, 15) is 0 Å². The fourth-order valence-electron chi connectivity index (χ4n) is 4.55. The second kappa shape index (κ2) is 11.7. The van der Waals surface area contributed by atoms with E-state index in [2.05, 4.69) is 58.8 Å². The van der Waals surface area contributed by atoms with Gasteiger partial charge in [0.15, 0.2) is 0 Å². The SMILES string of the molecule is Nc1nc2ccc(Sc3cccc(CCNCc4ccccn4)c3)cc2cc1CC1CCOCC1. The van der Waals surface area contributed by atoms with Crippen LogP contribution in [0.5, 0.6) is 0 Å². The number of pyridine rings is 2. The number of benzene rings is 2. The highest BCUT2D eigenvalue weighted by Crippen LogP contribution is 2.32. The van der Waals surface area contributed by atoms with E-state index in [1.165, 1.54) is 15.4 Å². The number of rotatable bonds is 9. The molecular formula is C29H32N4OS. The van der Waals surface area contributed by atoms with E-state index in [1.807, 2.05) is 24.4 Å². The summed E-state index contributed by atoms with van der Waals surface area (Å²) in [6.07, 6.45) is 6.00. The smallest absolute Gasteiger partial charge is 0.127 e. The fraction of sp³-hybridized carbons (Fsp3) is 0.310. The van der Waals surface area contributed by atoms with Gasteiger partial charge in [-0.1, -0.05) is 30.0 Å². The van der Waals surface area contributed by atoms with Crippen molar-refractivity contribution in [1.29, 1.82) is 0 Å². The Hall–Kier alpha value is -2.93. The maximum atomic E-state index is 6.31. The predicted octanol–water partition coefficient (Wildman–Crippen LogP) is 5.66. The molecule has 1 aliphatic heterocycles. The van der Waals surface area contributed by atoms with E-state index < -0.39 is 0 Å². The molecule has 0 amide bonds. The zero-order valence-corrected chi connectivity index (χ0v) is 20.8. The summed E-state index contributed by atoms with van der Waals surface area (Å²) in [7, 11) is 0. The number of nitrogens with one attached hydrogen (secondary N) is 1. The van der Waals surface area contributed by atoms with E-state index >= 15 is 0 Å². The molecule has 1 aliphatic rings. The third-order valence-corrected chi connectivity index (χ3v) is 7.48. The van der Waals surface area contributed by atoms with Gasteiger partial charge in [0.2, 0.25) is 0 Å². The molecule has 5 rings (SSSR count). The largest absolute Gasteiger partial charge is 0.383 e. The summed E-state index contributed by atoms with van der Waals surface area (Å²) in [5.41, 5.74) is 10.8.